The summed E-state index contributed by atoms with van der Waals surface area (Å²) in [5, 5.41) is 4.34. The first-order valence-electron chi connectivity index (χ1n) is 6.66. The Morgan fingerprint density at radius 2 is 1.89 bits per heavy atom. The van der Waals surface area contributed by atoms with E-state index < -0.39 is 0 Å². The van der Waals surface area contributed by atoms with E-state index in [1.165, 1.54) is 27.8 Å². The number of hydrogen-bond donors (Lipinski definition) is 2. The maximum atomic E-state index is 5.77. The van der Waals surface area contributed by atoms with Crippen LogP contribution in [0.25, 0.3) is 0 Å². The number of aryl methyl sites for hydroxylation is 4. The van der Waals surface area contributed by atoms with Gasteiger partial charge in [0.2, 0.25) is 0 Å². The first-order chi connectivity index (χ1) is 9.11. The summed E-state index contributed by atoms with van der Waals surface area (Å²) in [6.07, 6.45) is 2.09. The smallest absolute Gasteiger partial charge is 0.0468 e. The highest BCUT2D eigenvalue weighted by Crippen LogP contribution is 2.26. The van der Waals surface area contributed by atoms with Crippen LogP contribution in [0.15, 0.2) is 29.0 Å². The largest absolute Gasteiger partial charge is 0.271 e. The van der Waals surface area contributed by atoms with Gasteiger partial charge < -0.3 is 0 Å². The molecule has 2 nitrogen and oxygen atoms in total. The van der Waals surface area contributed by atoms with Gasteiger partial charge >= 0.3 is 0 Å². The Balaban J connectivity index is 2.17. The lowest BCUT2D eigenvalue weighted by Crippen LogP contribution is -2.29. The summed E-state index contributed by atoms with van der Waals surface area (Å²) in [6.45, 7) is 6.48. The lowest BCUT2D eigenvalue weighted by Gasteiger charge is -2.21. The molecule has 1 heterocycles. The lowest BCUT2D eigenvalue weighted by molar-refractivity contribution is 0.512. The topological polar surface area (TPSA) is 38.0 Å². The minimum atomic E-state index is 0.223. The molecule has 0 saturated carbocycles. The first kappa shape index (κ1) is 14.3. The van der Waals surface area contributed by atoms with Crippen molar-refractivity contribution >= 4 is 11.3 Å². The third kappa shape index (κ3) is 3.44. The third-order valence-corrected chi connectivity index (χ3v) is 4.32. The van der Waals surface area contributed by atoms with E-state index in [0.29, 0.717) is 0 Å². The Hall–Kier alpha value is -1.16. The lowest BCUT2D eigenvalue weighted by atomic mass is 9.91. The standard InChI is InChI=1S/C16H22N2S/c1-11-8-12(2)16(13(3)9-11)15(18-17)5-4-14-6-7-19-10-14/h6-10,15,18H,4-5,17H2,1-3H3. The molecule has 0 saturated heterocycles. The van der Waals surface area contributed by atoms with Crippen molar-refractivity contribution in [3.8, 4) is 0 Å². The second-order valence-corrected chi connectivity index (χ2v) is 5.98. The molecule has 1 aromatic heterocycles. The van der Waals surface area contributed by atoms with E-state index in [4.69, 9.17) is 5.84 Å². The van der Waals surface area contributed by atoms with Crippen molar-refractivity contribution in [3.05, 3.63) is 56.8 Å². The van der Waals surface area contributed by atoms with Gasteiger partial charge in [0.15, 0.2) is 0 Å². The molecular weight excluding hydrogens is 252 g/mol. The Morgan fingerprint density at radius 3 is 2.42 bits per heavy atom. The molecule has 0 fully saturated rings. The average molecular weight is 274 g/mol. The number of hydrazine groups is 1. The number of hydrogen-bond acceptors (Lipinski definition) is 3. The summed E-state index contributed by atoms with van der Waals surface area (Å²) in [7, 11) is 0. The van der Waals surface area contributed by atoms with Gasteiger partial charge in [0, 0.05) is 6.04 Å². The van der Waals surface area contributed by atoms with Gasteiger partial charge in [0.1, 0.15) is 0 Å². The number of thiophene rings is 1. The fourth-order valence-corrected chi connectivity index (χ4v) is 3.50. The zero-order valence-corrected chi connectivity index (χ0v) is 12.7. The molecular formula is C16H22N2S. The monoisotopic (exact) mass is 274 g/mol. The van der Waals surface area contributed by atoms with Crippen LogP contribution in [0.5, 0.6) is 0 Å². The molecule has 2 aromatic rings. The summed E-state index contributed by atoms with van der Waals surface area (Å²) < 4.78 is 0. The number of benzene rings is 1. The molecule has 3 N–H and O–H groups in total. The van der Waals surface area contributed by atoms with Crippen LogP contribution < -0.4 is 11.3 Å². The van der Waals surface area contributed by atoms with Crippen molar-refractivity contribution in [1.82, 2.24) is 5.43 Å². The summed E-state index contributed by atoms with van der Waals surface area (Å²) >= 11 is 1.75. The fraction of sp³-hybridized carbons (Fsp3) is 0.375. The van der Waals surface area contributed by atoms with Crippen LogP contribution in [0.1, 0.15) is 40.3 Å². The molecule has 0 aliphatic carbocycles. The molecule has 1 unspecified atom stereocenters. The van der Waals surface area contributed by atoms with Gasteiger partial charge in [-0.25, -0.2) is 0 Å². The van der Waals surface area contributed by atoms with Crippen molar-refractivity contribution in [2.24, 2.45) is 5.84 Å². The van der Waals surface area contributed by atoms with Gasteiger partial charge in [0.25, 0.3) is 0 Å². The van der Waals surface area contributed by atoms with E-state index in [-0.39, 0.29) is 6.04 Å². The highest BCUT2D eigenvalue weighted by Gasteiger charge is 2.15. The number of nitrogens with one attached hydrogen (secondary N) is 1. The third-order valence-electron chi connectivity index (χ3n) is 3.59. The van der Waals surface area contributed by atoms with Crippen molar-refractivity contribution in [1.29, 1.82) is 0 Å². The molecule has 1 atom stereocenters. The van der Waals surface area contributed by atoms with Gasteiger partial charge in [-0.1, -0.05) is 17.7 Å². The van der Waals surface area contributed by atoms with E-state index in [9.17, 15) is 0 Å². The van der Waals surface area contributed by atoms with Crippen LogP contribution in [0.3, 0.4) is 0 Å². The molecule has 3 heteroatoms. The number of rotatable bonds is 5. The molecule has 0 aliphatic heterocycles. The Labute approximate surface area is 119 Å². The van der Waals surface area contributed by atoms with E-state index in [2.05, 4.69) is 55.2 Å². The van der Waals surface area contributed by atoms with Crippen LogP contribution in [-0.2, 0) is 6.42 Å². The molecule has 19 heavy (non-hydrogen) atoms. The summed E-state index contributed by atoms with van der Waals surface area (Å²) in [4.78, 5) is 0. The minimum Gasteiger partial charge on any atom is -0.271 e. The fourth-order valence-electron chi connectivity index (χ4n) is 2.80. The van der Waals surface area contributed by atoms with Crippen molar-refractivity contribution in [2.75, 3.05) is 0 Å². The zero-order chi connectivity index (χ0) is 13.8. The van der Waals surface area contributed by atoms with Gasteiger partial charge in [-0.05, 0) is 72.7 Å². The van der Waals surface area contributed by atoms with Gasteiger partial charge in [-0.15, -0.1) is 0 Å². The normalized spacial score (nSPS) is 12.6. The second kappa shape index (κ2) is 6.33. The average Bonchev–Trinajstić information content (AvgIpc) is 2.85. The maximum absolute atomic E-state index is 5.77. The van der Waals surface area contributed by atoms with Gasteiger partial charge in [-0.2, -0.15) is 11.3 Å². The minimum absolute atomic E-state index is 0.223. The van der Waals surface area contributed by atoms with Crippen LogP contribution in [0.2, 0.25) is 0 Å². The van der Waals surface area contributed by atoms with E-state index in [0.717, 1.165) is 12.8 Å². The maximum Gasteiger partial charge on any atom is 0.0468 e. The van der Waals surface area contributed by atoms with Crippen molar-refractivity contribution in [2.45, 2.75) is 39.7 Å². The van der Waals surface area contributed by atoms with E-state index >= 15 is 0 Å². The predicted molar refractivity (Wildman–Crippen MR) is 83.4 cm³/mol. The molecule has 0 bridgehead atoms. The van der Waals surface area contributed by atoms with Crippen molar-refractivity contribution < 1.29 is 0 Å². The van der Waals surface area contributed by atoms with E-state index in [1.54, 1.807) is 11.3 Å². The van der Waals surface area contributed by atoms with Crippen LogP contribution >= 0.6 is 11.3 Å². The summed E-state index contributed by atoms with van der Waals surface area (Å²) in [6, 6.07) is 6.88. The molecule has 0 amide bonds. The Kier molecular flexibility index (Phi) is 4.75. The molecule has 1 aromatic carbocycles. The molecule has 2 rings (SSSR count). The molecule has 0 radical (unpaired) electrons. The van der Waals surface area contributed by atoms with Crippen LogP contribution in [-0.4, -0.2) is 0 Å². The van der Waals surface area contributed by atoms with E-state index in [1.807, 2.05) is 0 Å². The molecule has 0 aliphatic rings. The highest BCUT2D eigenvalue weighted by molar-refractivity contribution is 7.07. The van der Waals surface area contributed by atoms with Crippen LogP contribution in [0.4, 0.5) is 0 Å². The number of nitrogens with two attached hydrogens (primary N) is 1. The molecule has 102 valence electrons. The van der Waals surface area contributed by atoms with Gasteiger partial charge in [0.05, 0.1) is 0 Å². The SMILES string of the molecule is Cc1cc(C)c(C(CCc2ccsc2)NN)c(C)c1. The highest BCUT2D eigenvalue weighted by atomic mass is 32.1. The predicted octanol–water partition coefficient (Wildman–Crippen LogP) is 3.81. The Morgan fingerprint density at radius 1 is 1.21 bits per heavy atom. The second-order valence-electron chi connectivity index (χ2n) is 5.20. The van der Waals surface area contributed by atoms with Crippen molar-refractivity contribution in [3.63, 3.8) is 0 Å². The first-order valence-corrected chi connectivity index (χ1v) is 7.61. The summed E-state index contributed by atoms with van der Waals surface area (Å²) in [5.41, 5.74) is 9.69. The molecule has 0 spiro atoms. The quantitative estimate of drug-likeness (QED) is 0.642. The Bertz CT molecular complexity index is 509. The van der Waals surface area contributed by atoms with Gasteiger partial charge in [-0.3, -0.25) is 11.3 Å². The van der Waals surface area contributed by atoms with Crippen LogP contribution in [0, 0.1) is 20.8 Å². The zero-order valence-electron chi connectivity index (χ0n) is 11.9. The summed E-state index contributed by atoms with van der Waals surface area (Å²) in [5.74, 6) is 5.77.